The van der Waals surface area contributed by atoms with E-state index in [9.17, 15) is 0 Å². The van der Waals surface area contributed by atoms with Crippen LogP contribution < -0.4 is 0 Å². The lowest BCUT2D eigenvalue weighted by molar-refractivity contribution is 0.276. The summed E-state index contributed by atoms with van der Waals surface area (Å²) in [5.74, 6) is 0. The smallest absolute Gasteiger partial charge is 0.160 e. The molecule has 0 radical (unpaired) electrons. The van der Waals surface area contributed by atoms with Crippen molar-refractivity contribution in [3.63, 3.8) is 0 Å². The van der Waals surface area contributed by atoms with Crippen molar-refractivity contribution in [3.05, 3.63) is 28.2 Å². The molecule has 6 heteroatoms. The monoisotopic (exact) mass is 211 g/mol. The maximum Gasteiger partial charge on any atom is 0.160 e. The van der Waals surface area contributed by atoms with Crippen molar-refractivity contribution in [1.29, 1.82) is 0 Å². The molecule has 0 aliphatic rings. The Morgan fingerprint density at radius 2 is 2.21 bits per heavy atom. The second kappa shape index (κ2) is 3.49. The number of aromatic amines is 1. The van der Waals surface area contributed by atoms with E-state index >= 15 is 0 Å². The number of nitrogens with one attached hydrogen (secondary N) is 1. The molecule has 0 aliphatic heterocycles. The lowest BCUT2D eigenvalue weighted by Gasteiger charge is -1.98. The van der Waals surface area contributed by atoms with Crippen molar-refractivity contribution in [2.75, 3.05) is 0 Å². The molecular formula is C8H9N3O2S. The predicted molar refractivity (Wildman–Crippen MR) is 52.2 cm³/mol. The fourth-order valence-electron chi connectivity index (χ4n) is 1.27. The topological polar surface area (TPSA) is 73.5 Å². The van der Waals surface area contributed by atoms with Gasteiger partial charge in [0.05, 0.1) is 18.9 Å². The van der Waals surface area contributed by atoms with Crippen LogP contribution in [0.1, 0.15) is 11.3 Å². The van der Waals surface area contributed by atoms with Gasteiger partial charge < -0.3 is 10.2 Å². The van der Waals surface area contributed by atoms with Crippen LogP contribution in [-0.4, -0.2) is 24.8 Å². The summed E-state index contributed by atoms with van der Waals surface area (Å²) in [5, 5.41) is 20.8. The van der Waals surface area contributed by atoms with Crippen molar-refractivity contribution in [3.8, 4) is 0 Å². The summed E-state index contributed by atoms with van der Waals surface area (Å²) in [7, 11) is 0. The second-order valence-electron chi connectivity index (χ2n) is 2.86. The van der Waals surface area contributed by atoms with Gasteiger partial charge in [-0.05, 0) is 6.07 Å². The van der Waals surface area contributed by atoms with Crippen LogP contribution in [0.15, 0.2) is 12.3 Å². The lowest BCUT2D eigenvalue weighted by atomic mass is 10.3. The number of aliphatic hydroxyl groups excluding tert-OH is 2. The molecule has 0 fully saturated rings. The van der Waals surface area contributed by atoms with Crippen molar-refractivity contribution in [2.45, 2.75) is 13.2 Å². The molecule has 0 spiro atoms. The minimum atomic E-state index is -0.157. The molecule has 2 heterocycles. The number of rotatable bonds is 2. The first-order chi connectivity index (χ1) is 6.76. The van der Waals surface area contributed by atoms with Crippen LogP contribution >= 0.6 is 12.2 Å². The molecule has 2 aromatic heterocycles. The number of nitrogens with zero attached hydrogens (tertiary/aromatic N) is 2. The number of hydrogen-bond acceptors (Lipinski definition) is 4. The summed E-state index contributed by atoms with van der Waals surface area (Å²) in [6, 6.07) is 1.61. The Labute approximate surface area is 84.6 Å². The molecule has 0 bridgehead atoms. The molecule has 0 saturated carbocycles. The Morgan fingerprint density at radius 1 is 1.43 bits per heavy atom. The van der Waals surface area contributed by atoms with Gasteiger partial charge >= 0.3 is 0 Å². The fraction of sp³-hybridized carbons (Fsp3) is 0.250. The van der Waals surface area contributed by atoms with Gasteiger partial charge in [-0.3, -0.25) is 5.10 Å². The van der Waals surface area contributed by atoms with E-state index in [1.54, 1.807) is 16.8 Å². The minimum absolute atomic E-state index is 0.107. The average molecular weight is 211 g/mol. The molecule has 0 saturated heterocycles. The molecule has 2 aromatic rings. The van der Waals surface area contributed by atoms with Crippen LogP contribution in [0.25, 0.3) is 5.65 Å². The van der Waals surface area contributed by atoms with Crippen molar-refractivity contribution in [2.24, 2.45) is 0 Å². The second-order valence-corrected chi connectivity index (χ2v) is 3.28. The molecule has 0 aliphatic carbocycles. The zero-order chi connectivity index (χ0) is 10.1. The number of fused-ring (bicyclic) bond motifs is 1. The number of hydrogen-bond donors (Lipinski definition) is 3. The van der Waals surface area contributed by atoms with Crippen LogP contribution in [0, 0.1) is 4.64 Å². The largest absolute Gasteiger partial charge is 0.391 e. The van der Waals surface area contributed by atoms with Gasteiger partial charge in [0.2, 0.25) is 0 Å². The summed E-state index contributed by atoms with van der Waals surface area (Å²) in [5.41, 5.74) is 1.72. The molecule has 0 unspecified atom stereocenters. The van der Waals surface area contributed by atoms with E-state index in [1.165, 1.54) is 0 Å². The molecule has 0 amide bonds. The van der Waals surface area contributed by atoms with E-state index in [0.29, 0.717) is 21.5 Å². The number of aromatic nitrogens is 3. The molecule has 74 valence electrons. The molecule has 2 rings (SSSR count). The highest BCUT2D eigenvalue weighted by molar-refractivity contribution is 7.71. The molecule has 14 heavy (non-hydrogen) atoms. The van der Waals surface area contributed by atoms with Gasteiger partial charge in [-0.1, -0.05) is 12.2 Å². The first-order valence-corrected chi connectivity index (χ1v) is 4.47. The van der Waals surface area contributed by atoms with Gasteiger partial charge in [0.15, 0.2) is 5.65 Å². The fourth-order valence-corrected chi connectivity index (χ4v) is 1.55. The highest BCUT2D eigenvalue weighted by Gasteiger charge is 2.05. The van der Waals surface area contributed by atoms with Crippen molar-refractivity contribution >= 4 is 17.9 Å². The molecule has 3 N–H and O–H groups in total. The van der Waals surface area contributed by atoms with Gasteiger partial charge in [0, 0.05) is 11.8 Å². The third kappa shape index (κ3) is 1.33. The summed E-state index contributed by atoms with van der Waals surface area (Å²) in [4.78, 5) is 4.14. The average Bonchev–Trinajstić information content (AvgIpc) is 2.61. The Hall–Kier alpha value is -1.24. The minimum Gasteiger partial charge on any atom is -0.391 e. The maximum absolute atomic E-state index is 9.01. The predicted octanol–water partition coefficient (Wildman–Crippen LogP) is 0.376. The maximum atomic E-state index is 9.01. The first kappa shape index (κ1) is 9.32. The Balaban J connectivity index is 2.80. The van der Waals surface area contributed by atoms with Gasteiger partial charge in [-0.15, -0.1) is 0 Å². The van der Waals surface area contributed by atoms with E-state index in [0.717, 1.165) is 0 Å². The van der Waals surface area contributed by atoms with E-state index < -0.39 is 0 Å². The van der Waals surface area contributed by atoms with Crippen LogP contribution in [0.4, 0.5) is 0 Å². The van der Waals surface area contributed by atoms with E-state index in [1.807, 2.05) is 0 Å². The van der Waals surface area contributed by atoms with Gasteiger partial charge in [0.1, 0.15) is 4.64 Å². The van der Waals surface area contributed by atoms with Crippen LogP contribution in [0.2, 0.25) is 0 Å². The van der Waals surface area contributed by atoms with Gasteiger partial charge in [-0.25, -0.2) is 9.50 Å². The van der Waals surface area contributed by atoms with Crippen LogP contribution in [0.5, 0.6) is 0 Å². The molecule has 0 atom stereocenters. The SMILES string of the molecule is OCc1cc(=S)n2[nH]cc(CO)c2n1. The summed E-state index contributed by atoms with van der Waals surface area (Å²) in [6.45, 7) is -0.264. The van der Waals surface area contributed by atoms with Gasteiger partial charge in [0.25, 0.3) is 0 Å². The van der Waals surface area contributed by atoms with Crippen LogP contribution in [-0.2, 0) is 13.2 Å². The summed E-state index contributed by atoms with van der Waals surface area (Å²) >= 11 is 5.07. The van der Waals surface area contributed by atoms with Gasteiger partial charge in [-0.2, -0.15) is 0 Å². The number of aliphatic hydroxyl groups is 2. The zero-order valence-corrected chi connectivity index (χ0v) is 8.08. The standard InChI is InChI=1S/C8H9N3O2S/c12-3-5-2-9-11-7(14)1-6(4-13)10-8(5)11/h1-2,9,12-13H,3-4H2. The van der Waals surface area contributed by atoms with E-state index in [4.69, 9.17) is 22.4 Å². The van der Waals surface area contributed by atoms with E-state index in [2.05, 4.69) is 10.1 Å². The molecule has 0 aromatic carbocycles. The molecular weight excluding hydrogens is 202 g/mol. The summed E-state index contributed by atoms with van der Waals surface area (Å²) in [6.07, 6.45) is 1.64. The number of H-pyrrole nitrogens is 1. The van der Waals surface area contributed by atoms with Crippen molar-refractivity contribution < 1.29 is 10.2 Å². The third-order valence-corrected chi connectivity index (χ3v) is 2.26. The zero-order valence-electron chi connectivity index (χ0n) is 7.27. The first-order valence-electron chi connectivity index (χ1n) is 4.07. The van der Waals surface area contributed by atoms with Crippen molar-refractivity contribution in [1.82, 2.24) is 14.6 Å². The highest BCUT2D eigenvalue weighted by atomic mass is 32.1. The van der Waals surface area contributed by atoms with Crippen LogP contribution in [0.3, 0.4) is 0 Å². The van der Waals surface area contributed by atoms with E-state index in [-0.39, 0.29) is 13.2 Å². The Kier molecular flexibility index (Phi) is 2.32. The Morgan fingerprint density at radius 3 is 2.86 bits per heavy atom. The summed E-state index contributed by atoms with van der Waals surface area (Å²) < 4.78 is 2.11. The lowest BCUT2D eigenvalue weighted by Crippen LogP contribution is -1.98. The third-order valence-electron chi connectivity index (χ3n) is 1.96. The molecule has 5 nitrogen and oxygen atoms in total. The Bertz CT molecular complexity index is 517. The quantitative estimate of drug-likeness (QED) is 0.628. The normalized spacial score (nSPS) is 11.0. The highest BCUT2D eigenvalue weighted by Crippen LogP contribution is 2.09.